The van der Waals surface area contributed by atoms with Crippen LogP contribution in [0.3, 0.4) is 0 Å². The van der Waals surface area contributed by atoms with Gasteiger partial charge in [0.15, 0.2) is 0 Å². The van der Waals surface area contributed by atoms with Gasteiger partial charge in [-0.25, -0.2) is 18.4 Å². The lowest BCUT2D eigenvalue weighted by molar-refractivity contribution is 0.0697. The summed E-state index contributed by atoms with van der Waals surface area (Å²) in [5.74, 6) is -0.968. The van der Waals surface area contributed by atoms with Crippen LogP contribution in [0.2, 0.25) is 0 Å². The number of carboxylic acid groups (broad SMARTS) is 1. The molecule has 6 heteroatoms. The third kappa shape index (κ3) is 4.01. The molecule has 0 aliphatic rings. The highest BCUT2D eigenvalue weighted by molar-refractivity contribution is 7.89. The van der Waals surface area contributed by atoms with E-state index in [-0.39, 0.29) is 10.5 Å². The average Bonchev–Trinajstić information content (AvgIpc) is 2.45. The summed E-state index contributed by atoms with van der Waals surface area (Å²) in [6, 6.07) is 12.6. The molecule has 0 saturated heterocycles. The van der Waals surface area contributed by atoms with Gasteiger partial charge >= 0.3 is 5.97 Å². The number of hydrogen-bond donors (Lipinski definition) is 2. The molecule has 2 rings (SSSR count). The zero-order valence-electron chi connectivity index (χ0n) is 10.9. The second-order valence-corrected chi connectivity index (χ2v) is 5.94. The van der Waals surface area contributed by atoms with Crippen LogP contribution in [-0.4, -0.2) is 19.5 Å². The first-order chi connectivity index (χ1) is 9.86. The lowest BCUT2D eigenvalue weighted by Gasteiger charge is -1.99. The molecule has 0 fully saturated rings. The van der Waals surface area contributed by atoms with Crippen molar-refractivity contribution in [1.82, 2.24) is 0 Å². The lowest BCUT2D eigenvalue weighted by atomic mass is 10.1. The van der Waals surface area contributed by atoms with Crippen LogP contribution in [0.25, 0.3) is 12.2 Å². The zero-order chi connectivity index (χ0) is 15.5. The van der Waals surface area contributed by atoms with E-state index in [1.165, 1.54) is 24.3 Å². The molecule has 2 aromatic rings. The number of hydrogen-bond acceptors (Lipinski definition) is 3. The van der Waals surface area contributed by atoms with Crippen LogP contribution in [0, 0.1) is 0 Å². The Morgan fingerprint density at radius 2 is 1.33 bits per heavy atom. The summed E-state index contributed by atoms with van der Waals surface area (Å²) in [5, 5.41) is 13.8. The number of primary sulfonamides is 1. The van der Waals surface area contributed by atoms with E-state index in [2.05, 4.69) is 0 Å². The summed E-state index contributed by atoms with van der Waals surface area (Å²) in [4.78, 5) is 10.8. The van der Waals surface area contributed by atoms with Crippen LogP contribution in [0.4, 0.5) is 0 Å². The maximum absolute atomic E-state index is 11.1. The fraction of sp³-hybridized carbons (Fsp3) is 0. The second-order valence-electron chi connectivity index (χ2n) is 4.37. The number of aromatic carboxylic acids is 1. The fourth-order valence-electron chi connectivity index (χ4n) is 1.70. The minimum absolute atomic E-state index is 0.0606. The van der Waals surface area contributed by atoms with Gasteiger partial charge in [-0.1, -0.05) is 36.4 Å². The Balaban J connectivity index is 2.15. The SMILES string of the molecule is NS(=O)(=O)c1ccc(/C=C/c2ccc(C(=O)O)cc2)cc1. The molecular weight excluding hydrogens is 290 g/mol. The summed E-state index contributed by atoms with van der Waals surface area (Å²) in [7, 11) is -3.68. The van der Waals surface area contributed by atoms with Crippen LogP contribution in [-0.2, 0) is 10.0 Å². The van der Waals surface area contributed by atoms with Gasteiger partial charge < -0.3 is 5.11 Å². The number of nitrogens with two attached hydrogens (primary N) is 1. The largest absolute Gasteiger partial charge is 0.478 e. The third-order valence-corrected chi connectivity index (χ3v) is 3.76. The summed E-state index contributed by atoms with van der Waals surface area (Å²) in [6.45, 7) is 0. The van der Waals surface area contributed by atoms with Crippen molar-refractivity contribution >= 4 is 28.1 Å². The minimum atomic E-state index is -3.68. The van der Waals surface area contributed by atoms with Gasteiger partial charge in [-0.15, -0.1) is 0 Å². The third-order valence-electron chi connectivity index (χ3n) is 2.83. The number of benzene rings is 2. The Morgan fingerprint density at radius 1 is 0.905 bits per heavy atom. The van der Waals surface area contributed by atoms with Crippen molar-refractivity contribution in [2.75, 3.05) is 0 Å². The minimum Gasteiger partial charge on any atom is -0.478 e. The molecule has 0 aliphatic carbocycles. The standard InChI is InChI=1S/C15H13NO4S/c16-21(19,20)14-9-5-12(6-10-14)2-1-11-3-7-13(8-4-11)15(17)18/h1-10H,(H,17,18)(H2,16,19,20)/b2-1+. The van der Waals surface area contributed by atoms with E-state index in [0.29, 0.717) is 0 Å². The second kappa shape index (κ2) is 5.90. The van der Waals surface area contributed by atoms with E-state index in [4.69, 9.17) is 10.2 Å². The van der Waals surface area contributed by atoms with E-state index in [9.17, 15) is 13.2 Å². The van der Waals surface area contributed by atoms with Crippen molar-refractivity contribution in [3.8, 4) is 0 Å². The van der Waals surface area contributed by atoms with Crippen molar-refractivity contribution in [3.05, 3.63) is 65.2 Å². The molecule has 5 nitrogen and oxygen atoms in total. The maximum Gasteiger partial charge on any atom is 0.335 e. The van der Waals surface area contributed by atoms with Gasteiger partial charge in [-0.3, -0.25) is 0 Å². The van der Waals surface area contributed by atoms with Crippen molar-refractivity contribution in [2.24, 2.45) is 5.14 Å². The monoisotopic (exact) mass is 303 g/mol. The average molecular weight is 303 g/mol. The van der Waals surface area contributed by atoms with Crippen LogP contribution in [0.5, 0.6) is 0 Å². The number of rotatable bonds is 4. The highest BCUT2D eigenvalue weighted by atomic mass is 32.2. The van der Waals surface area contributed by atoms with Crippen LogP contribution in [0.15, 0.2) is 53.4 Å². The highest BCUT2D eigenvalue weighted by Crippen LogP contribution is 2.13. The van der Waals surface area contributed by atoms with Gasteiger partial charge in [-0.05, 0) is 35.4 Å². The fourth-order valence-corrected chi connectivity index (χ4v) is 2.21. The first kappa shape index (κ1) is 15.0. The predicted octanol–water partition coefficient (Wildman–Crippen LogP) is 2.20. The Bertz CT molecular complexity index is 775. The normalized spacial score (nSPS) is 11.7. The van der Waals surface area contributed by atoms with Gasteiger partial charge in [-0.2, -0.15) is 0 Å². The molecular formula is C15H13NO4S. The summed E-state index contributed by atoms with van der Waals surface area (Å²) in [5.41, 5.74) is 1.88. The molecule has 0 heterocycles. The molecule has 108 valence electrons. The quantitative estimate of drug-likeness (QED) is 0.846. The van der Waals surface area contributed by atoms with E-state index in [1.54, 1.807) is 36.4 Å². The summed E-state index contributed by atoms with van der Waals surface area (Å²) in [6.07, 6.45) is 3.60. The van der Waals surface area contributed by atoms with Gasteiger partial charge in [0.2, 0.25) is 10.0 Å². The number of sulfonamides is 1. The van der Waals surface area contributed by atoms with Crippen LogP contribution < -0.4 is 5.14 Å². The molecule has 2 aromatic carbocycles. The number of carbonyl (C=O) groups is 1. The van der Waals surface area contributed by atoms with Crippen LogP contribution >= 0.6 is 0 Å². The van der Waals surface area contributed by atoms with Gasteiger partial charge in [0, 0.05) is 0 Å². The zero-order valence-corrected chi connectivity index (χ0v) is 11.7. The number of carboxylic acids is 1. The smallest absolute Gasteiger partial charge is 0.335 e. The van der Waals surface area contributed by atoms with Gasteiger partial charge in [0.05, 0.1) is 10.5 Å². The van der Waals surface area contributed by atoms with E-state index in [1.807, 2.05) is 0 Å². The molecule has 0 unspecified atom stereocenters. The van der Waals surface area contributed by atoms with Crippen molar-refractivity contribution < 1.29 is 18.3 Å². The molecule has 0 aromatic heterocycles. The molecule has 0 saturated carbocycles. The van der Waals surface area contributed by atoms with E-state index in [0.717, 1.165) is 11.1 Å². The molecule has 0 radical (unpaired) electrons. The Kier molecular flexibility index (Phi) is 4.21. The Morgan fingerprint density at radius 3 is 1.71 bits per heavy atom. The first-order valence-corrected chi connectivity index (χ1v) is 7.55. The molecule has 0 atom stereocenters. The van der Waals surface area contributed by atoms with Crippen LogP contribution in [0.1, 0.15) is 21.5 Å². The molecule has 0 amide bonds. The summed E-state index contributed by atoms with van der Waals surface area (Å²) >= 11 is 0. The first-order valence-electron chi connectivity index (χ1n) is 6.00. The van der Waals surface area contributed by atoms with E-state index >= 15 is 0 Å². The molecule has 0 aliphatic heterocycles. The molecule has 21 heavy (non-hydrogen) atoms. The van der Waals surface area contributed by atoms with Crippen molar-refractivity contribution in [2.45, 2.75) is 4.90 Å². The van der Waals surface area contributed by atoms with Crippen molar-refractivity contribution in [3.63, 3.8) is 0 Å². The molecule has 0 spiro atoms. The van der Waals surface area contributed by atoms with Gasteiger partial charge in [0.25, 0.3) is 0 Å². The molecule has 3 N–H and O–H groups in total. The Labute approximate surface area is 122 Å². The predicted molar refractivity (Wildman–Crippen MR) is 80.1 cm³/mol. The van der Waals surface area contributed by atoms with E-state index < -0.39 is 16.0 Å². The maximum atomic E-state index is 11.1. The summed E-state index contributed by atoms with van der Waals surface area (Å²) < 4.78 is 22.2. The van der Waals surface area contributed by atoms with Crippen molar-refractivity contribution in [1.29, 1.82) is 0 Å². The topological polar surface area (TPSA) is 97.5 Å². The highest BCUT2D eigenvalue weighted by Gasteiger charge is 2.05. The van der Waals surface area contributed by atoms with Gasteiger partial charge in [0.1, 0.15) is 0 Å². The molecule has 0 bridgehead atoms. The Hall–Kier alpha value is -2.44. The lowest BCUT2D eigenvalue weighted by Crippen LogP contribution is -2.11.